The molecule has 0 aliphatic heterocycles. The first-order chi connectivity index (χ1) is 9.28. The molecule has 19 heavy (non-hydrogen) atoms. The lowest BCUT2D eigenvalue weighted by atomic mass is 9.96. The van der Waals surface area contributed by atoms with Crippen molar-refractivity contribution in [2.75, 3.05) is 6.54 Å². The summed E-state index contributed by atoms with van der Waals surface area (Å²) in [6.07, 6.45) is 2.37. The smallest absolute Gasteiger partial charge is 0.0357 e. The molecule has 1 aromatic heterocycles. The number of benzene rings is 1. The normalized spacial score (nSPS) is 21.6. The molecule has 100 valence electrons. The molecule has 2 aromatic rings. The van der Waals surface area contributed by atoms with E-state index in [1.54, 1.807) is 0 Å². The topological polar surface area (TPSA) is 12.0 Å². The Kier molecular flexibility index (Phi) is 4.06. The maximum atomic E-state index is 3.67. The van der Waals surface area contributed by atoms with Gasteiger partial charge >= 0.3 is 0 Å². The van der Waals surface area contributed by atoms with Gasteiger partial charge in [-0.15, -0.1) is 11.3 Å². The summed E-state index contributed by atoms with van der Waals surface area (Å²) in [5.41, 5.74) is 3.03. The molecule has 0 radical (unpaired) electrons. The standard InChI is InChI=1S/C16H18BrNS/c1-2-18-16-12(8-14-9-13(17)10-19-14)7-11-5-3-4-6-15(11)16/h3-6,9-10,12,16,18H,2,7-8H2,1H3. The summed E-state index contributed by atoms with van der Waals surface area (Å²) in [5, 5.41) is 5.85. The van der Waals surface area contributed by atoms with Gasteiger partial charge in [0, 0.05) is 20.8 Å². The highest BCUT2D eigenvalue weighted by atomic mass is 79.9. The maximum Gasteiger partial charge on any atom is 0.0357 e. The van der Waals surface area contributed by atoms with Crippen LogP contribution in [0.2, 0.25) is 0 Å². The summed E-state index contributed by atoms with van der Waals surface area (Å²) in [7, 11) is 0. The fourth-order valence-electron chi connectivity index (χ4n) is 3.08. The molecule has 3 rings (SSSR count). The van der Waals surface area contributed by atoms with Crippen molar-refractivity contribution in [2.45, 2.75) is 25.8 Å². The second-order valence-corrected chi connectivity index (χ2v) is 7.05. The molecule has 0 spiro atoms. The predicted molar refractivity (Wildman–Crippen MR) is 85.8 cm³/mol. The van der Waals surface area contributed by atoms with Gasteiger partial charge in [-0.2, -0.15) is 0 Å². The van der Waals surface area contributed by atoms with Crippen LogP contribution in [-0.4, -0.2) is 6.54 Å². The van der Waals surface area contributed by atoms with Crippen molar-refractivity contribution in [3.63, 3.8) is 0 Å². The van der Waals surface area contributed by atoms with Gasteiger partial charge in [-0.05, 0) is 58.4 Å². The van der Waals surface area contributed by atoms with Crippen LogP contribution in [0.1, 0.15) is 29.0 Å². The molecule has 3 heteroatoms. The van der Waals surface area contributed by atoms with Gasteiger partial charge in [-0.25, -0.2) is 0 Å². The van der Waals surface area contributed by atoms with Gasteiger partial charge in [0.1, 0.15) is 0 Å². The molecule has 1 aliphatic rings. The summed E-state index contributed by atoms with van der Waals surface area (Å²) in [6.45, 7) is 3.23. The first kappa shape index (κ1) is 13.3. The molecule has 0 fully saturated rings. The van der Waals surface area contributed by atoms with Gasteiger partial charge < -0.3 is 5.32 Å². The Labute approximate surface area is 127 Å². The van der Waals surface area contributed by atoms with E-state index < -0.39 is 0 Å². The van der Waals surface area contributed by atoms with Gasteiger partial charge in [-0.1, -0.05) is 31.2 Å². The van der Waals surface area contributed by atoms with E-state index in [1.165, 1.54) is 33.3 Å². The zero-order chi connectivity index (χ0) is 13.2. The minimum atomic E-state index is 0.516. The Balaban J connectivity index is 1.82. The zero-order valence-corrected chi connectivity index (χ0v) is 13.4. The molecule has 1 heterocycles. The average Bonchev–Trinajstić information content (AvgIpc) is 2.96. The van der Waals surface area contributed by atoms with E-state index >= 15 is 0 Å². The predicted octanol–water partition coefficient (Wildman–Crippen LogP) is 4.58. The summed E-state index contributed by atoms with van der Waals surface area (Å²) in [5.74, 6) is 0.683. The van der Waals surface area contributed by atoms with Crippen molar-refractivity contribution in [3.8, 4) is 0 Å². The number of fused-ring (bicyclic) bond motifs is 1. The highest BCUT2D eigenvalue weighted by Crippen LogP contribution is 2.38. The van der Waals surface area contributed by atoms with Crippen molar-refractivity contribution in [1.29, 1.82) is 0 Å². The fourth-order valence-corrected chi connectivity index (χ4v) is 4.63. The summed E-state index contributed by atoms with van der Waals surface area (Å²) < 4.78 is 1.21. The third-order valence-electron chi connectivity index (χ3n) is 3.85. The van der Waals surface area contributed by atoms with Crippen LogP contribution in [0.3, 0.4) is 0 Å². The Morgan fingerprint density at radius 3 is 2.95 bits per heavy atom. The van der Waals surface area contributed by atoms with E-state index in [2.05, 4.69) is 63.9 Å². The van der Waals surface area contributed by atoms with Crippen molar-refractivity contribution in [3.05, 3.63) is 56.2 Å². The van der Waals surface area contributed by atoms with E-state index in [-0.39, 0.29) is 0 Å². The second kappa shape index (κ2) is 5.78. The number of hydrogen-bond acceptors (Lipinski definition) is 2. The molecule has 0 amide bonds. The van der Waals surface area contributed by atoms with Crippen LogP contribution in [0, 0.1) is 5.92 Å². The lowest BCUT2D eigenvalue weighted by Gasteiger charge is -2.20. The molecule has 1 aromatic carbocycles. The molecule has 1 aliphatic carbocycles. The van der Waals surface area contributed by atoms with Crippen LogP contribution in [-0.2, 0) is 12.8 Å². The van der Waals surface area contributed by atoms with Crippen LogP contribution in [0.15, 0.2) is 40.2 Å². The van der Waals surface area contributed by atoms with Gasteiger partial charge in [-0.3, -0.25) is 0 Å². The first-order valence-corrected chi connectivity index (χ1v) is 8.49. The van der Waals surface area contributed by atoms with Crippen molar-refractivity contribution in [2.24, 2.45) is 5.92 Å². The number of rotatable bonds is 4. The van der Waals surface area contributed by atoms with E-state index in [4.69, 9.17) is 0 Å². The third kappa shape index (κ3) is 2.78. The molecule has 2 atom stereocenters. The highest BCUT2D eigenvalue weighted by molar-refractivity contribution is 9.10. The lowest BCUT2D eigenvalue weighted by Crippen LogP contribution is -2.26. The zero-order valence-electron chi connectivity index (χ0n) is 11.0. The highest BCUT2D eigenvalue weighted by Gasteiger charge is 2.31. The molecule has 0 bridgehead atoms. The Morgan fingerprint density at radius 2 is 2.21 bits per heavy atom. The number of thiophene rings is 1. The fraction of sp³-hybridized carbons (Fsp3) is 0.375. The molecule has 2 unspecified atom stereocenters. The van der Waals surface area contributed by atoms with E-state index in [9.17, 15) is 0 Å². The van der Waals surface area contributed by atoms with Crippen LogP contribution in [0.4, 0.5) is 0 Å². The second-order valence-electron chi connectivity index (χ2n) is 5.13. The van der Waals surface area contributed by atoms with Crippen LogP contribution in [0.25, 0.3) is 0 Å². The summed E-state index contributed by atoms with van der Waals surface area (Å²) in [4.78, 5) is 1.48. The Bertz CT molecular complexity index is 563. The van der Waals surface area contributed by atoms with E-state index in [0.717, 1.165) is 6.54 Å². The molecule has 0 saturated carbocycles. The monoisotopic (exact) mass is 335 g/mol. The summed E-state index contributed by atoms with van der Waals surface area (Å²) >= 11 is 5.41. The number of halogens is 1. The van der Waals surface area contributed by atoms with Crippen molar-refractivity contribution < 1.29 is 0 Å². The van der Waals surface area contributed by atoms with Gasteiger partial charge in [0.15, 0.2) is 0 Å². The van der Waals surface area contributed by atoms with E-state index in [1.807, 2.05) is 11.3 Å². The Morgan fingerprint density at radius 1 is 1.37 bits per heavy atom. The van der Waals surface area contributed by atoms with Crippen molar-refractivity contribution in [1.82, 2.24) is 5.32 Å². The molecule has 0 saturated heterocycles. The number of nitrogens with one attached hydrogen (secondary N) is 1. The Hall–Kier alpha value is -0.640. The third-order valence-corrected chi connectivity index (χ3v) is 5.57. The van der Waals surface area contributed by atoms with Gasteiger partial charge in [0.25, 0.3) is 0 Å². The largest absolute Gasteiger partial charge is 0.310 e. The molecular formula is C16H18BrNS. The average molecular weight is 336 g/mol. The first-order valence-electron chi connectivity index (χ1n) is 6.82. The van der Waals surface area contributed by atoms with Crippen LogP contribution < -0.4 is 5.32 Å². The SMILES string of the molecule is CCNC1c2ccccc2CC1Cc1cc(Br)cs1. The van der Waals surface area contributed by atoms with Crippen LogP contribution in [0.5, 0.6) is 0 Å². The quantitative estimate of drug-likeness (QED) is 0.862. The van der Waals surface area contributed by atoms with Gasteiger partial charge in [0.2, 0.25) is 0 Å². The van der Waals surface area contributed by atoms with Crippen molar-refractivity contribution >= 4 is 27.3 Å². The lowest BCUT2D eigenvalue weighted by molar-refractivity contribution is 0.396. The van der Waals surface area contributed by atoms with E-state index in [0.29, 0.717) is 12.0 Å². The minimum Gasteiger partial charge on any atom is -0.310 e. The minimum absolute atomic E-state index is 0.516. The number of hydrogen-bond donors (Lipinski definition) is 1. The summed E-state index contributed by atoms with van der Waals surface area (Å²) in [6, 6.07) is 11.7. The van der Waals surface area contributed by atoms with Crippen LogP contribution >= 0.6 is 27.3 Å². The maximum absolute atomic E-state index is 3.67. The molecular weight excluding hydrogens is 318 g/mol. The molecule has 1 nitrogen and oxygen atoms in total. The van der Waals surface area contributed by atoms with Gasteiger partial charge in [0.05, 0.1) is 0 Å². The molecule has 1 N–H and O–H groups in total.